The van der Waals surface area contributed by atoms with Gasteiger partial charge in [-0.15, -0.1) is 0 Å². The van der Waals surface area contributed by atoms with E-state index in [9.17, 15) is 14.7 Å². The number of carbonyl (C=O) groups is 2. The number of aromatic carboxylic acids is 1. The van der Waals surface area contributed by atoms with Crippen LogP contribution in [0.2, 0.25) is 0 Å². The van der Waals surface area contributed by atoms with Crippen molar-refractivity contribution in [1.29, 1.82) is 0 Å². The van der Waals surface area contributed by atoms with Crippen LogP contribution in [0.5, 0.6) is 5.75 Å². The summed E-state index contributed by atoms with van der Waals surface area (Å²) < 4.78 is 0. The molecule has 0 spiro atoms. The van der Waals surface area contributed by atoms with Gasteiger partial charge in [0.15, 0.2) is 0 Å². The molecule has 1 aliphatic heterocycles. The molecule has 1 amide bonds. The first-order valence-corrected chi connectivity index (χ1v) is 6.65. The van der Waals surface area contributed by atoms with E-state index in [1.807, 2.05) is 0 Å². The number of amides is 1. The fraction of sp³-hybridized carbons (Fsp3) is 0.429. The Hall–Kier alpha value is -2.08. The first-order chi connectivity index (χ1) is 9.56. The first kappa shape index (κ1) is 14.3. The number of hydrogen-bond donors (Lipinski definition) is 3. The normalized spacial score (nSPS) is 15.2. The molecule has 6 heteroatoms. The van der Waals surface area contributed by atoms with Crippen molar-refractivity contribution >= 4 is 17.6 Å². The number of anilines is 1. The third-order valence-corrected chi connectivity index (χ3v) is 3.37. The minimum absolute atomic E-state index is 0.139. The third kappa shape index (κ3) is 3.71. The van der Waals surface area contributed by atoms with Gasteiger partial charge in [-0.3, -0.25) is 4.79 Å². The molecule has 1 heterocycles. The molecule has 0 atom stereocenters. The lowest BCUT2D eigenvalue weighted by molar-refractivity contribution is -0.116. The number of carboxylic acids is 1. The van der Waals surface area contributed by atoms with Crippen LogP contribution in [0.3, 0.4) is 0 Å². The molecule has 1 fully saturated rings. The molecule has 0 radical (unpaired) electrons. The fourth-order valence-corrected chi connectivity index (χ4v) is 2.28. The third-order valence-electron chi connectivity index (χ3n) is 3.37. The van der Waals surface area contributed by atoms with Gasteiger partial charge in [0.1, 0.15) is 11.3 Å². The van der Waals surface area contributed by atoms with Crippen molar-refractivity contribution in [2.24, 2.45) is 0 Å². The van der Waals surface area contributed by atoms with Gasteiger partial charge in [-0.25, -0.2) is 4.79 Å². The zero-order chi connectivity index (χ0) is 14.5. The van der Waals surface area contributed by atoms with Gasteiger partial charge in [0.25, 0.3) is 0 Å². The minimum atomic E-state index is -1.20. The highest BCUT2D eigenvalue weighted by atomic mass is 16.4. The summed E-state index contributed by atoms with van der Waals surface area (Å²) in [5.74, 6) is -1.69. The van der Waals surface area contributed by atoms with Crippen LogP contribution in [0, 0.1) is 0 Å². The highest BCUT2D eigenvalue weighted by Crippen LogP contribution is 2.22. The predicted molar refractivity (Wildman–Crippen MR) is 74.0 cm³/mol. The van der Waals surface area contributed by atoms with Crippen LogP contribution in [-0.4, -0.2) is 46.6 Å². The lowest BCUT2D eigenvalue weighted by atomic mass is 10.2. The number of benzene rings is 1. The monoisotopic (exact) mass is 278 g/mol. The molecule has 0 saturated carbocycles. The Morgan fingerprint density at radius 1 is 1.25 bits per heavy atom. The number of carbonyl (C=O) groups excluding carboxylic acids is 1. The number of rotatable bonds is 5. The minimum Gasteiger partial charge on any atom is -0.507 e. The van der Waals surface area contributed by atoms with Gasteiger partial charge in [0, 0.05) is 24.7 Å². The Morgan fingerprint density at radius 3 is 2.55 bits per heavy atom. The highest BCUT2D eigenvalue weighted by Gasteiger charge is 2.14. The van der Waals surface area contributed by atoms with Crippen LogP contribution in [-0.2, 0) is 4.79 Å². The number of nitrogens with zero attached hydrogens (tertiary/aromatic N) is 1. The van der Waals surface area contributed by atoms with Crippen molar-refractivity contribution in [2.75, 3.05) is 25.0 Å². The van der Waals surface area contributed by atoms with E-state index in [4.69, 9.17) is 5.11 Å². The van der Waals surface area contributed by atoms with Crippen molar-refractivity contribution in [1.82, 2.24) is 4.90 Å². The van der Waals surface area contributed by atoms with E-state index in [1.54, 1.807) is 0 Å². The largest absolute Gasteiger partial charge is 0.507 e. The summed E-state index contributed by atoms with van der Waals surface area (Å²) in [7, 11) is 0. The molecule has 3 N–H and O–H groups in total. The second kappa shape index (κ2) is 6.38. The van der Waals surface area contributed by atoms with Crippen molar-refractivity contribution in [3.63, 3.8) is 0 Å². The standard InChI is InChI=1S/C14H18N2O4/c17-12-9-10(3-4-11(12)14(19)20)15-13(18)5-8-16-6-1-2-7-16/h3-4,9,17H,1-2,5-8H2,(H,15,18)(H,19,20). The summed E-state index contributed by atoms with van der Waals surface area (Å²) in [6, 6.07) is 3.99. The summed E-state index contributed by atoms with van der Waals surface area (Å²) in [5, 5.41) is 21.0. The SMILES string of the molecule is O=C(CCN1CCCC1)Nc1ccc(C(=O)O)c(O)c1. The van der Waals surface area contributed by atoms with Gasteiger partial charge >= 0.3 is 5.97 Å². The van der Waals surface area contributed by atoms with E-state index in [0.717, 1.165) is 19.6 Å². The van der Waals surface area contributed by atoms with E-state index < -0.39 is 5.97 Å². The second-order valence-electron chi connectivity index (χ2n) is 4.88. The average Bonchev–Trinajstić information content (AvgIpc) is 2.89. The molecule has 20 heavy (non-hydrogen) atoms. The molecular weight excluding hydrogens is 260 g/mol. The van der Waals surface area contributed by atoms with E-state index in [0.29, 0.717) is 12.1 Å². The Morgan fingerprint density at radius 2 is 1.95 bits per heavy atom. The second-order valence-corrected chi connectivity index (χ2v) is 4.88. The Labute approximate surface area is 117 Å². The van der Waals surface area contributed by atoms with Crippen molar-refractivity contribution in [2.45, 2.75) is 19.3 Å². The smallest absolute Gasteiger partial charge is 0.339 e. The molecule has 108 valence electrons. The Kier molecular flexibility index (Phi) is 4.57. The summed E-state index contributed by atoms with van der Waals surface area (Å²) in [5.41, 5.74) is 0.221. The van der Waals surface area contributed by atoms with Crippen LogP contribution >= 0.6 is 0 Å². The molecule has 1 aromatic rings. The van der Waals surface area contributed by atoms with Gasteiger partial charge in [-0.2, -0.15) is 0 Å². The summed E-state index contributed by atoms with van der Waals surface area (Å²) in [6.07, 6.45) is 2.76. The molecule has 0 aliphatic carbocycles. The van der Waals surface area contributed by atoms with Gasteiger partial charge in [0.05, 0.1) is 0 Å². The maximum Gasteiger partial charge on any atom is 0.339 e. The lowest BCUT2D eigenvalue weighted by Crippen LogP contribution is -2.25. The van der Waals surface area contributed by atoms with Gasteiger partial charge < -0.3 is 20.4 Å². The van der Waals surface area contributed by atoms with Gasteiger partial charge in [-0.1, -0.05) is 0 Å². The number of aromatic hydroxyl groups is 1. The van der Waals surface area contributed by atoms with Crippen molar-refractivity contribution < 1.29 is 19.8 Å². The van der Waals surface area contributed by atoms with Gasteiger partial charge in [-0.05, 0) is 38.1 Å². The van der Waals surface area contributed by atoms with Gasteiger partial charge in [0.2, 0.25) is 5.91 Å². The topological polar surface area (TPSA) is 89.9 Å². The summed E-state index contributed by atoms with van der Waals surface area (Å²) >= 11 is 0. The van der Waals surface area contributed by atoms with E-state index in [2.05, 4.69) is 10.2 Å². The highest BCUT2D eigenvalue weighted by molar-refractivity contribution is 5.94. The van der Waals surface area contributed by atoms with E-state index in [-0.39, 0.29) is 17.2 Å². The zero-order valence-corrected chi connectivity index (χ0v) is 11.1. The van der Waals surface area contributed by atoms with Crippen LogP contribution in [0.1, 0.15) is 29.6 Å². The molecular formula is C14H18N2O4. The molecule has 0 bridgehead atoms. The summed E-state index contributed by atoms with van der Waals surface area (Å²) in [6.45, 7) is 2.81. The first-order valence-electron chi connectivity index (χ1n) is 6.65. The molecule has 2 rings (SSSR count). The molecule has 0 aromatic heterocycles. The van der Waals surface area contributed by atoms with Crippen LogP contribution in [0.4, 0.5) is 5.69 Å². The fourth-order valence-electron chi connectivity index (χ4n) is 2.28. The molecule has 0 unspecified atom stereocenters. The Balaban J connectivity index is 1.87. The quantitative estimate of drug-likeness (QED) is 0.759. The number of carboxylic acid groups (broad SMARTS) is 1. The lowest BCUT2D eigenvalue weighted by Gasteiger charge is -2.14. The number of likely N-dealkylation sites (tertiary alicyclic amines) is 1. The zero-order valence-electron chi connectivity index (χ0n) is 11.1. The molecule has 1 aromatic carbocycles. The Bertz CT molecular complexity index is 510. The predicted octanol–water partition coefficient (Wildman–Crippen LogP) is 1.51. The number of hydrogen-bond acceptors (Lipinski definition) is 4. The van der Waals surface area contributed by atoms with Crippen LogP contribution in [0.15, 0.2) is 18.2 Å². The maximum atomic E-state index is 11.8. The van der Waals surface area contributed by atoms with Crippen LogP contribution in [0.25, 0.3) is 0 Å². The molecule has 6 nitrogen and oxygen atoms in total. The number of nitrogens with one attached hydrogen (secondary N) is 1. The summed E-state index contributed by atoms with van der Waals surface area (Å²) in [4.78, 5) is 24.8. The van der Waals surface area contributed by atoms with E-state index >= 15 is 0 Å². The molecule has 1 saturated heterocycles. The van der Waals surface area contributed by atoms with Crippen LogP contribution < -0.4 is 5.32 Å². The van der Waals surface area contributed by atoms with Crippen molar-refractivity contribution in [3.05, 3.63) is 23.8 Å². The average molecular weight is 278 g/mol. The number of phenols is 1. The maximum absolute atomic E-state index is 11.8. The van der Waals surface area contributed by atoms with E-state index in [1.165, 1.54) is 31.0 Å². The van der Waals surface area contributed by atoms with Crippen molar-refractivity contribution in [3.8, 4) is 5.75 Å². The molecule has 1 aliphatic rings.